The molecule has 112 valence electrons. The summed E-state index contributed by atoms with van der Waals surface area (Å²) in [5.74, 6) is 1.12. The maximum Gasteiger partial charge on any atom is 0.389 e. The summed E-state index contributed by atoms with van der Waals surface area (Å²) in [6.45, 7) is 1.36. The SMILES string of the molecule is C#CC(=O)Oc1ccc(OC)c(NC(C)=O)c1.N=C(N)N. The lowest BCUT2D eigenvalue weighted by atomic mass is 10.2. The molecule has 8 nitrogen and oxygen atoms in total. The molecule has 0 fully saturated rings. The van der Waals surface area contributed by atoms with Gasteiger partial charge in [-0.05, 0) is 12.1 Å². The second-order valence-corrected chi connectivity index (χ2v) is 3.53. The molecule has 1 aromatic carbocycles. The first-order valence-corrected chi connectivity index (χ1v) is 5.53. The van der Waals surface area contributed by atoms with Gasteiger partial charge in [0.15, 0.2) is 5.96 Å². The number of nitrogens with one attached hydrogen (secondary N) is 2. The Morgan fingerprint density at radius 2 is 1.95 bits per heavy atom. The molecule has 0 aliphatic carbocycles. The molecular formula is C13H16N4O4. The molecule has 0 heterocycles. The van der Waals surface area contributed by atoms with Crippen molar-refractivity contribution < 1.29 is 19.1 Å². The van der Waals surface area contributed by atoms with Crippen molar-refractivity contribution in [1.82, 2.24) is 0 Å². The number of carbonyl (C=O) groups is 2. The van der Waals surface area contributed by atoms with Crippen LogP contribution in [0.5, 0.6) is 11.5 Å². The summed E-state index contributed by atoms with van der Waals surface area (Å²) in [6, 6.07) is 4.53. The van der Waals surface area contributed by atoms with E-state index in [2.05, 4.69) is 16.8 Å². The van der Waals surface area contributed by atoms with Gasteiger partial charge in [0.05, 0.1) is 12.8 Å². The van der Waals surface area contributed by atoms with Crippen LogP contribution in [0.15, 0.2) is 18.2 Å². The van der Waals surface area contributed by atoms with Crippen LogP contribution < -0.4 is 26.3 Å². The number of esters is 1. The van der Waals surface area contributed by atoms with Crippen LogP contribution in [0.4, 0.5) is 5.69 Å². The first kappa shape index (κ1) is 17.8. The molecule has 0 atom stereocenters. The van der Waals surface area contributed by atoms with E-state index >= 15 is 0 Å². The summed E-state index contributed by atoms with van der Waals surface area (Å²) in [4.78, 5) is 21.9. The van der Waals surface area contributed by atoms with Gasteiger partial charge in [0.2, 0.25) is 5.91 Å². The predicted molar refractivity (Wildman–Crippen MR) is 77.9 cm³/mol. The summed E-state index contributed by atoms with van der Waals surface area (Å²) < 4.78 is 9.84. The van der Waals surface area contributed by atoms with Gasteiger partial charge in [-0.25, -0.2) is 4.79 Å². The van der Waals surface area contributed by atoms with Crippen LogP contribution in [0.2, 0.25) is 0 Å². The summed E-state index contributed by atoms with van der Waals surface area (Å²) in [7, 11) is 1.47. The molecular weight excluding hydrogens is 276 g/mol. The summed E-state index contributed by atoms with van der Waals surface area (Å²) >= 11 is 0. The Kier molecular flexibility index (Phi) is 7.47. The van der Waals surface area contributed by atoms with Gasteiger partial charge in [0.1, 0.15) is 11.5 Å². The second kappa shape index (κ2) is 8.82. The van der Waals surface area contributed by atoms with E-state index in [1.807, 2.05) is 5.92 Å². The summed E-state index contributed by atoms with van der Waals surface area (Å²) in [5.41, 5.74) is 9.35. The summed E-state index contributed by atoms with van der Waals surface area (Å²) in [5, 5.41) is 8.60. The number of anilines is 1. The smallest absolute Gasteiger partial charge is 0.389 e. The van der Waals surface area contributed by atoms with E-state index in [4.69, 9.17) is 21.3 Å². The zero-order valence-corrected chi connectivity index (χ0v) is 11.6. The van der Waals surface area contributed by atoms with Crippen molar-refractivity contribution in [2.45, 2.75) is 6.92 Å². The Morgan fingerprint density at radius 1 is 1.38 bits per heavy atom. The normalized spacial score (nSPS) is 8.43. The lowest BCUT2D eigenvalue weighted by Crippen LogP contribution is -2.20. The van der Waals surface area contributed by atoms with Crippen LogP contribution in [0.3, 0.4) is 0 Å². The van der Waals surface area contributed by atoms with Gasteiger partial charge in [-0.15, -0.1) is 6.42 Å². The number of ether oxygens (including phenoxy) is 2. The molecule has 0 radical (unpaired) electrons. The fraction of sp³-hybridized carbons (Fsp3) is 0.154. The Hall–Kier alpha value is -3.21. The van der Waals surface area contributed by atoms with Crippen LogP contribution >= 0.6 is 0 Å². The van der Waals surface area contributed by atoms with E-state index in [9.17, 15) is 9.59 Å². The van der Waals surface area contributed by atoms with Crippen LogP contribution in [-0.4, -0.2) is 24.9 Å². The molecule has 0 spiro atoms. The van der Waals surface area contributed by atoms with Gasteiger partial charge in [0.25, 0.3) is 0 Å². The molecule has 0 saturated carbocycles. The zero-order valence-electron chi connectivity index (χ0n) is 11.6. The molecule has 0 aliphatic rings. The van der Waals surface area contributed by atoms with Crippen molar-refractivity contribution in [1.29, 1.82) is 5.41 Å². The zero-order chi connectivity index (χ0) is 16.4. The minimum Gasteiger partial charge on any atom is -0.495 e. The van der Waals surface area contributed by atoms with Gasteiger partial charge in [-0.1, -0.05) is 0 Å². The van der Waals surface area contributed by atoms with Crippen molar-refractivity contribution in [3.05, 3.63) is 18.2 Å². The topological polar surface area (TPSA) is 141 Å². The number of guanidine groups is 1. The third-order valence-corrected chi connectivity index (χ3v) is 1.81. The van der Waals surface area contributed by atoms with Crippen molar-refractivity contribution in [3.8, 4) is 23.8 Å². The number of methoxy groups -OCH3 is 1. The number of terminal acetylenes is 1. The first-order valence-electron chi connectivity index (χ1n) is 5.53. The molecule has 0 aliphatic heterocycles. The highest BCUT2D eigenvalue weighted by atomic mass is 16.5. The maximum absolute atomic E-state index is 11.0. The largest absolute Gasteiger partial charge is 0.495 e. The van der Waals surface area contributed by atoms with E-state index in [-0.39, 0.29) is 17.6 Å². The molecule has 0 bridgehead atoms. The Balaban J connectivity index is 0.000000885. The number of hydrogen-bond acceptors (Lipinski definition) is 5. The van der Waals surface area contributed by atoms with Gasteiger partial charge < -0.3 is 26.3 Å². The average molecular weight is 292 g/mol. The van der Waals surface area contributed by atoms with E-state index in [0.717, 1.165) is 0 Å². The molecule has 0 aromatic heterocycles. The maximum atomic E-state index is 11.0. The number of nitrogens with two attached hydrogens (primary N) is 2. The number of rotatable bonds is 3. The number of hydrogen-bond donors (Lipinski definition) is 4. The van der Waals surface area contributed by atoms with E-state index in [1.165, 1.54) is 26.2 Å². The summed E-state index contributed by atoms with van der Waals surface area (Å²) in [6.07, 6.45) is 4.88. The van der Waals surface area contributed by atoms with E-state index in [1.54, 1.807) is 6.07 Å². The number of carbonyl (C=O) groups excluding carboxylic acids is 2. The average Bonchev–Trinajstić information content (AvgIpc) is 2.37. The second-order valence-electron chi connectivity index (χ2n) is 3.53. The van der Waals surface area contributed by atoms with E-state index in [0.29, 0.717) is 11.4 Å². The van der Waals surface area contributed by atoms with Crippen LogP contribution in [-0.2, 0) is 9.59 Å². The minimum atomic E-state index is -0.802. The molecule has 0 unspecified atom stereocenters. The van der Waals surface area contributed by atoms with Crippen LogP contribution in [0.25, 0.3) is 0 Å². The minimum absolute atomic E-state index is 0.234. The van der Waals surface area contributed by atoms with Gasteiger partial charge in [0, 0.05) is 18.9 Å². The van der Waals surface area contributed by atoms with Crippen LogP contribution in [0, 0.1) is 17.8 Å². The van der Waals surface area contributed by atoms with Crippen molar-refractivity contribution >= 4 is 23.5 Å². The van der Waals surface area contributed by atoms with Gasteiger partial charge in [-0.3, -0.25) is 10.2 Å². The molecule has 1 amide bonds. The third-order valence-electron chi connectivity index (χ3n) is 1.81. The lowest BCUT2D eigenvalue weighted by Gasteiger charge is -2.10. The third kappa shape index (κ3) is 7.74. The predicted octanol–water partition coefficient (Wildman–Crippen LogP) is 0.0308. The highest BCUT2D eigenvalue weighted by Gasteiger charge is 2.08. The van der Waals surface area contributed by atoms with Crippen molar-refractivity contribution in [3.63, 3.8) is 0 Å². The Labute approximate surface area is 121 Å². The van der Waals surface area contributed by atoms with Crippen molar-refractivity contribution in [2.24, 2.45) is 11.5 Å². The van der Waals surface area contributed by atoms with Gasteiger partial charge in [-0.2, -0.15) is 0 Å². The molecule has 0 saturated heterocycles. The Bertz CT molecular complexity index is 574. The fourth-order valence-corrected chi connectivity index (χ4v) is 1.17. The quantitative estimate of drug-likeness (QED) is 0.155. The van der Waals surface area contributed by atoms with E-state index < -0.39 is 5.97 Å². The monoisotopic (exact) mass is 292 g/mol. The number of benzene rings is 1. The molecule has 21 heavy (non-hydrogen) atoms. The highest BCUT2D eigenvalue weighted by Crippen LogP contribution is 2.28. The first-order chi connectivity index (χ1) is 9.79. The van der Waals surface area contributed by atoms with Crippen LogP contribution in [0.1, 0.15) is 6.92 Å². The molecule has 6 N–H and O–H groups in total. The molecule has 1 aromatic rings. The lowest BCUT2D eigenvalue weighted by molar-refractivity contribution is -0.128. The Morgan fingerprint density at radius 3 is 2.38 bits per heavy atom. The van der Waals surface area contributed by atoms with Gasteiger partial charge >= 0.3 is 5.97 Å². The van der Waals surface area contributed by atoms with Crippen molar-refractivity contribution in [2.75, 3.05) is 12.4 Å². The molecule has 8 heteroatoms. The fourth-order valence-electron chi connectivity index (χ4n) is 1.17. The highest BCUT2D eigenvalue weighted by molar-refractivity contribution is 5.92. The number of amides is 1. The standard InChI is InChI=1S/C12H11NO4.CH5N3/c1-4-12(15)17-9-5-6-11(16-3)10(7-9)13-8(2)14;2-1(3)4/h1,5-7H,2-3H3,(H,13,14);(H5,2,3,4). The molecule has 1 rings (SSSR count).